The fraction of sp³-hybridized carbons (Fsp3) is 0.368. The lowest BCUT2D eigenvalue weighted by molar-refractivity contribution is 0.117. The van der Waals surface area contributed by atoms with Crippen molar-refractivity contribution >= 4 is 27.4 Å². The number of hydrogen-bond donors (Lipinski definition) is 2. The van der Waals surface area contributed by atoms with E-state index in [1.54, 1.807) is 11.3 Å². The molecule has 0 fully saturated rings. The molecule has 142 valence electrons. The minimum atomic E-state index is -0.981. The van der Waals surface area contributed by atoms with Crippen molar-refractivity contribution in [2.24, 2.45) is 0 Å². The van der Waals surface area contributed by atoms with E-state index in [-0.39, 0.29) is 18.9 Å². The summed E-state index contributed by atoms with van der Waals surface area (Å²) in [5.41, 5.74) is 1.32. The van der Waals surface area contributed by atoms with Gasteiger partial charge in [0.1, 0.15) is 35.4 Å². The highest BCUT2D eigenvalue weighted by Crippen LogP contribution is 2.38. The Bertz CT molecular complexity index is 964. The minimum Gasteiger partial charge on any atom is -0.491 e. The van der Waals surface area contributed by atoms with Gasteiger partial charge in [-0.05, 0) is 43.4 Å². The number of aliphatic hydroxyl groups is 1. The van der Waals surface area contributed by atoms with Crippen molar-refractivity contribution in [1.82, 2.24) is 9.97 Å². The van der Waals surface area contributed by atoms with Crippen molar-refractivity contribution in [2.75, 3.05) is 18.5 Å². The maximum Gasteiger partial charge on any atom is 0.162 e. The molecule has 3 aromatic rings. The number of ether oxygens (including phenoxy) is 1. The van der Waals surface area contributed by atoms with Crippen LogP contribution in [0.5, 0.6) is 5.75 Å². The van der Waals surface area contributed by atoms with E-state index in [1.165, 1.54) is 29.3 Å². The third-order valence-electron chi connectivity index (χ3n) is 4.59. The summed E-state index contributed by atoms with van der Waals surface area (Å²) in [6.07, 6.45) is 5.17. The third kappa shape index (κ3) is 3.86. The maximum absolute atomic E-state index is 13.2. The number of thiophene rings is 1. The van der Waals surface area contributed by atoms with Crippen LogP contribution >= 0.6 is 11.3 Å². The van der Waals surface area contributed by atoms with Crippen molar-refractivity contribution in [1.29, 1.82) is 0 Å². The van der Waals surface area contributed by atoms with Crippen LogP contribution in [0, 0.1) is 11.6 Å². The standard InChI is InChI=1S/C19H19F2N3O2S/c20-14-6-5-12(7-15(14)21)26-9-11(25)8-22-18-17-13-3-1-2-4-16(13)27-19(17)24-10-23-18/h5-7,10-11,25H,1-4,8-9H2,(H,22,23,24). The monoisotopic (exact) mass is 391 g/mol. The molecule has 4 rings (SSSR count). The molecule has 1 aromatic carbocycles. The zero-order chi connectivity index (χ0) is 18.8. The molecular weight excluding hydrogens is 372 g/mol. The summed E-state index contributed by atoms with van der Waals surface area (Å²) < 4.78 is 31.4. The van der Waals surface area contributed by atoms with Gasteiger partial charge >= 0.3 is 0 Å². The lowest BCUT2D eigenvalue weighted by atomic mass is 9.97. The number of benzene rings is 1. The van der Waals surface area contributed by atoms with E-state index >= 15 is 0 Å². The van der Waals surface area contributed by atoms with Crippen molar-refractivity contribution in [3.8, 4) is 5.75 Å². The van der Waals surface area contributed by atoms with E-state index in [2.05, 4.69) is 15.3 Å². The predicted octanol–water partition coefficient (Wildman–Crippen LogP) is 3.70. The first-order valence-corrected chi connectivity index (χ1v) is 9.68. The Kier molecular flexibility index (Phi) is 5.18. The van der Waals surface area contributed by atoms with E-state index in [0.717, 1.165) is 41.6 Å². The van der Waals surface area contributed by atoms with E-state index in [0.29, 0.717) is 5.82 Å². The zero-order valence-corrected chi connectivity index (χ0v) is 15.4. The molecule has 5 nitrogen and oxygen atoms in total. The van der Waals surface area contributed by atoms with Crippen LogP contribution in [-0.4, -0.2) is 34.3 Å². The summed E-state index contributed by atoms with van der Waals surface area (Å²) >= 11 is 1.71. The number of aromatic nitrogens is 2. The molecule has 2 N–H and O–H groups in total. The molecule has 1 atom stereocenters. The fourth-order valence-electron chi connectivity index (χ4n) is 3.26. The first kappa shape index (κ1) is 18.1. The molecule has 27 heavy (non-hydrogen) atoms. The average Bonchev–Trinajstić information content (AvgIpc) is 3.06. The number of aliphatic hydroxyl groups excluding tert-OH is 1. The summed E-state index contributed by atoms with van der Waals surface area (Å²) in [6.45, 7) is 0.175. The highest BCUT2D eigenvalue weighted by molar-refractivity contribution is 7.19. The normalized spacial score (nSPS) is 14.8. The van der Waals surface area contributed by atoms with Crippen molar-refractivity contribution in [3.63, 3.8) is 0 Å². The highest BCUT2D eigenvalue weighted by Gasteiger charge is 2.20. The smallest absolute Gasteiger partial charge is 0.162 e. The Morgan fingerprint density at radius 3 is 2.89 bits per heavy atom. The number of hydrogen-bond acceptors (Lipinski definition) is 6. The summed E-state index contributed by atoms with van der Waals surface area (Å²) in [5.74, 6) is -1.03. The van der Waals surface area contributed by atoms with Gasteiger partial charge in [0.05, 0.1) is 5.39 Å². The SMILES string of the molecule is OC(CNc1ncnc2sc3c(c12)CCCC3)COc1ccc(F)c(F)c1. The molecule has 2 heterocycles. The van der Waals surface area contributed by atoms with Crippen LogP contribution in [0.3, 0.4) is 0 Å². The molecule has 0 amide bonds. The summed E-state index contributed by atoms with van der Waals surface area (Å²) in [5, 5.41) is 14.4. The Balaban J connectivity index is 1.41. The Labute approximate surface area is 159 Å². The molecule has 1 aliphatic carbocycles. The lowest BCUT2D eigenvalue weighted by Crippen LogP contribution is -2.26. The average molecular weight is 391 g/mol. The lowest BCUT2D eigenvalue weighted by Gasteiger charge is -2.15. The Morgan fingerprint density at radius 2 is 2.04 bits per heavy atom. The van der Waals surface area contributed by atoms with Gasteiger partial charge in [-0.3, -0.25) is 0 Å². The van der Waals surface area contributed by atoms with Gasteiger partial charge in [0, 0.05) is 17.5 Å². The maximum atomic E-state index is 13.2. The highest BCUT2D eigenvalue weighted by atomic mass is 32.1. The number of anilines is 1. The van der Waals surface area contributed by atoms with Gasteiger partial charge in [-0.2, -0.15) is 0 Å². The molecule has 8 heteroatoms. The third-order valence-corrected chi connectivity index (χ3v) is 5.79. The quantitative estimate of drug-likeness (QED) is 0.671. The van der Waals surface area contributed by atoms with Gasteiger partial charge in [0.15, 0.2) is 11.6 Å². The predicted molar refractivity (Wildman–Crippen MR) is 100 cm³/mol. The minimum absolute atomic E-state index is 0.0476. The molecule has 0 aliphatic heterocycles. The van der Waals surface area contributed by atoms with E-state index in [4.69, 9.17) is 4.74 Å². The Morgan fingerprint density at radius 1 is 1.19 bits per heavy atom. The van der Waals surface area contributed by atoms with Crippen LogP contribution in [0.2, 0.25) is 0 Å². The van der Waals surface area contributed by atoms with Gasteiger partial charge in [-0.25, -0.2) is 18.7 Å². The summed E-state index contributed by atoms with van der Waals surface area (Å²) in [7, 11) is 0. The van der Waals surface area contributed by atoms with E-state index < -0.39 is 17.7 Å². The number of nitrogens with zero attached hydrogens (tertiary/aromatic N) is 2. The van der Waals surface area contributed by atoms with Gasteiger partial charge < -0.3 is 15.2 Å². The van der Waals surface area contributed by atoms with Crippen LogP contribution in [0.15, 0.2) is 24.5 Å². The second-order valence-corrected chi connectivity index (χ2v) is 7.62. The largest absolute Gasteiger partial charge is 0.491 e. The number of rotatable bonds is 6. The Hall–Kier alpha value is -2.32. The number of nitrogens with one attached hydrogen (secondary N) is 1. The van der Waals surface area contributed by atoms with Crippen LogP contribution in [0.4, 0.5) is 14.6 Å². The van der Waals surface area contributed by atoms with Gasteiger partial charge in [0.25, 0.3) is 0 Å². The van der Waals surface area contributed by atoms with Crippen LogP contribution in [0.1, 0.15) is 23.3 Å². The topological polar surface area (TPSA) is 67.3 Å². The number of fused-ring (bicyclic) bond motifs is 3. The van der Waals surface area contributed by atoms with Crippen molar-refractivity contribution in [3.05, 3.63) is 46.6 Å². The van der Waals surface area contributed by atoms with Gasteiger partial charge in [0.2, 0.25) is 0 Å². The van der Waals surface area contributed by atoms with Crippen molar-refractivity contribution in [2.45, 2.75) is 31.8 Å². The molecule has 1 unspecified atom stereocenters. The number of aryl methyl sites for hydroxylation is 2. The molecule has 1 aliphatic rings. The van der Waals surface area contributed by atoms with Gasteiger partial charge in [-0.15, -0.1) is 11.3 Å². The van der Waals surface area contributed by atoms with Crippen molar-refractivity contribution < 1.29 is 18.6 Å². The first-order valence-electron chi connectivity index (χ1n) is 8.87. The second kappa shape index (κ2) is 7.74. The molecule has 2 aromatic heterocycles. The molecule has 0 bridgehead atoms. The molecule has 0 saturated heterocycles. The van der Waals surface area contributed by atoms with Crippen LogP contribution in [0.25, 0.3) is 10.2 Å². The van der Waals surface area contributed by atoms with Crippen LogP contribution in [-0.2, 0) is 12.8 Å². The molecule has 0 radical (unpaired) electrons. The molecule has 0 saturated carbocycles. The van der Waals surface area contributed by atoms with E-state index in [9.17, 15) is 13.9 Å². The first-order chi connectivity index (χ1) is 13.1. The van der Waals surface area contributed by atoms with Crippen LogP contribution < -0.4 is 10.1 Å². The molecule has 0 spiro atoms. The fourth-order valence-corrected chi connectivity index (χ4v) is 4.49. The summed E-state index contributed by atoms with van der Waals surface area (Å²) in [6, 6.07) is 3.28. The second-order valence-electron chi connectivity index (χ2n) is 6.53. The number of halogens is 2. The van der Waals surface area contributed by atoms with Gasteiger partial charge in [-0.1, -0.05) is 0 Å². The zero-order valence-electron chi connectivity index (χ0n) is 14.5. The summed E-state index contributed by atoms with van der Waals surface area (Å²) in [4.78, 5) is 11.1. The molecular formula is C19H19F2N3O2S. The van der Waals surface area contributed by atoms with E-state index in [1.807, 2.05) is 0 Å².